The van der Waals surface area contributed by atoms with Gasteiger partial charge in [0, 0.05) is 18.0 Å². The number of benzene rings is 1. The van der Waals surface area contributed by atoms with E-state index >= 15 is 0 Å². The van der Waals surface area contributed by atoms with Crippen molar-refractivity contribution in [3.63, 3.8) is 0 Å². The molecule has 0 aromatic heterocycles. The van der Waals surface area contributed by atoms with E-state index < -0.39 is 15.9 Å². The first-order valence-electron chi connectivity index (χ1n) is 6.16. The van der Waals surface area contributed by atoms with E-state index in [9.17, 15) is 13.5 Å². The average molecular weight is 318 g/mol. The van der Waals surface area contributed by atoms with Gasteiger partial charge < -0.3 is 15.2 Å². The Morgan fingerprint density at radius 1 is 1.45 bits per heavy atom. The minimum atomic E-state index is -3.08. The highest BCUT2D eigenvalue weighted by Crippen LogP contribution is 2.23. The molecule has 0 saturated carbocycles. The third-order valence-corrected chi connectivity index (χ3v) is 4.52. The van der Waals surface area contributed by atoms with Gasteiger partial charge in [-0.25, -0.2) is 8.42 Å². The lowest BCUT2D eigenvalue weighted by atomic mass is 10.3. The summed E-state index contributed by atoms with van der Waals surface area (Å²) in [6.07, 6.45) is 0.833. The summed E-state index contributed by atoms with van der Waals surface area (Å²) in [5.41, 5.74) is 0. The van der Waals surface area contributed by atoms with Crippen molar-refractivity contribution in [1.82, 2.24) is 5.32 Å². The van der Waals surface area contributed by atoms with E-state index in [1.54, 1.807) is 30.3 Å². The minimum Gasteiger partial charge on any atom is -0.489 e. The molecule has 0 radical (unpaired) electrons. The number of nitrogens with one attached hydrogen (secondary N) is 1. The Kier molecular flexibility index (Phi) is 5.04. The summed E-state index contributed by atoms with van der Waals surface area (Å²) in [5.74, 6) is 0.544. The Bertz CT molecular complexity index is 588. The molecule has 1 heterocycles. The summed E-state index contributed by atoms with van der Waals surface area (Å²) in [7, 11) is -3.08. The lowest BCUT2D eigenvalue weighted by Gasteiger charge is -2.16. The predicted molar refractivity (Wildman–Crippen MR) is 77.7 cm³/mol. The van der Waals surface area contributed by atoms with Gasteiger partial charge >= 0.3 is 0 Å². The zero-order valence-corrected chi connectivity index (χ0v) is 12.3. The van der Waals surface area contributed by atoms with Crippen LogP contribution in [0.4, 0.5) is 0 Å². The summed E-state index contributed by atoms with van der Waals surface area (Å²) in [4.78, 5) is 0. The maximum atomic E-state index is 11.2. The highest BCUT2D eigenvalue weighted by molar-refractivity contribution is 7.94. The fraction of sp³-hybridized carbons (Fsp3) is 0.385. The fourth-order valence-electron chi connectivity index (χ4n) is 1.80. The van der Waals surface area contributed by atoms with Gasteiger partial charge in [0.1, 0.15) is 18.5 Å². The highest BCUT2D eigenvalue weighted by Gasteiger charge is 2.21. The number of hydrogen-bond acceptors (Lipinski definition) is 5. The zero-order chi connectivity index (χ0) is 14.6. The molecule has 0 amide bonds. The van der Waals surface area contributed by atoms with Gasteiger partial charge in [-0.2, -0.15) is 0 Å². The van der Waals surface area contributed by atoms with Gasteiger partial charge in [-0.1, -0.05) is 29.8 Å². The molecule has 2 atom stereocenters. The van der Waals surface area contributed by atoms with Crippen molar-refractivity contribution >= 4 is 21.4 Å². The highest BCUT2D eigenvalue weighted by atomic mass is 35.5. The van der Waals surface area contributed by atoms with Crippen LogP contribution >= 0.6 is 11.6 Å². The van der Waals surface area contributed by atoms with E-state index in [-0.39, 0.29) is 24.9 Å². The minimum absolute atomic E-state index is 0.0328. The molecule has 2 rings (SSSR count). The molecular weight excluding hydrogens is 302 g/mol. The lowest BCUT2D eigenvalue weighted by Crippen LogP contribution is -2.38. The van der Waals surface area contributed by atoms with Gasteiger partial charge in [0.15, 0.2) is 9.84 Å². The van der Waals surface area contributed by atoms with Crippen LogP contribution in [-0.4, -0.2) is 44.6 Å². The van der Waals surface area contributed by atoms with Crippen LogP contribution in [0.1, 0.15) is 0 Å². The summed E-state index contributed by atoms with van der Waals surface area (Å²) in [6.45, 7) is 0.328. The van der Waals surface area contributed by atoms with Gasteiger partial charge in [-0.15, -0.1) is 0 Å². The van der Waals surface area contributed by atoms with Crippen molar-refractivity contribution in [2.75, 3.05) is 18.9 Å². The Balaban J connectivity index is 1.73. The van der Waals surface area contributed by atoms with Crippen LogP contribution in [-0.2, 0) is 9.84 Å². The van der Waals surface area contributed by atoms with Crippen LogP contribution < -0.4 is 10.1 Å². The Morgan fingerprint density at radius 3 is 2.85 bits per heavy atom. The van der Waals surface area contributed by atoms with E-state index in [4.69, 9.17) is 16.3 Å². The quantitative estimate of drug-likeness (QED) is 0.818. The number of aliphatic hydroxyl groups excluding tert-OH is 1. The average Bonchev–Trinajstić information content (AvgIpc) is 2.75. The summed E-state index contributed by atoms with van der Waals surface area (Å²) in [6, 6.07) is 6.75. The van der Waals surface area contributed by atoms with Crippen LogP contribution in [0.5, 0.6) is 5.75 Å². The lowest BCUT2D eigenvalue weighted by molar-refractivity contribution is 0.105. The standard InChI is InChI=1S/C13H16ClNO4S/c14-12-3-1-2-4-13(12)19-8-11(16)7-15-10-5-6-20(17,18)9-10/h1-6,10-11,15-16H,7-9H2. The molecule has 1 aliphatic rings. The van der Waals surface area contributed by atoms with Crippen molar-refractivity contribution in [1.29, 1.82) is 0 Å². The zero-order valence-electron chi connectivity index (χ0n) is 10.7. The number of rotatable bonds is 6. The predicted octanol–water partition coefficient (Wildman–Crippen LogP) is 0.980. The second-order valence-electron chi connectivity index (χ2n) is 4.57. The molecule has 1 aromatic carbocycles. The van der Waals surface area contributed by atoms with E-state index in [2.05, 4.69) is 5.32 Å². The summed E-state index contributed by atoms with van der Waals surface area (Å²) in [5, 5.41) is 14.4. The van der Waals surface area contributed by atoms with Crippen molar-refractivity contribution in [3.05, 3.63) is 40.8 Å². The SMILES string of the molecule is O=S1(=O)C=CC(NCC(O)COc2ccccc2Cl)C1. The molecule has 1 aliphatic heterocycles. The van der Waals surface area contributed by atoms with Crippen LogP contribution in [0, 0.1) is 0 Å². The van der Waals surface area contributed by atoms with Crippen molar-refractivity contribution in [2.45, 2.75) is 12.1 Å². The molecule has 0 spiro atoms. The molecule has 1 aromatic rings. The second kappa shape index (κ2) is 6.58. The van der Waals surface area contributed by atoms with Crippen LogP contribution in [0.2, 0.25) is 5.02 Å². The molecule has 0 aliphatic carbocycles. The summed E-state index contributed by atoms with van der Waals surface area (Å²) < 4.78 is 27.8. The van der Waals surface area contributed by atoms with Gasteiger partial charge in [-0.3, -0.25) is 0 Å². The molecule has 0 saturated heterocycles. The maximum Gasteiger partial charge on any atom is 0.173 e. The Morgan fingerprint density at radius 2 is 2.20 bits per heavy atom. The van der Waals surface area contributed by atoms with E-state index in [1.165, 1.54) is 5.41 Å². The van der Waals surface area contributed by atoms with E-state index in [1.807, 2.05) is 0 Å². The fourth-order valence-corrected chi connectivity index (χ4v) is 3.26. The van der Waals surface area contributed by atoms with Crippen molar-refractivity contribution in [3.8, 4) is 5.75 Å². The Hall–Kier alpha value is -1.08. The molecule has 0 bridgehead atoms. The molecule has 2 unspecified atom stereocenters. The van der Waals surface area contributed by atoms with Crippen LogP contribution in [0.15, 0.2) is 35.7 Å². The third kappa shape index (κ3) is 4.49. The molecule has 20 heavy (non-hydrogen) atoms. The van der Waals surface area contributed by atoms with Crippen LogP contribution in [0.25, 0.3) is 0 Å². The van der Waals surface area contributed by atoms with E-state index in [0.717, 1.165) is 0 Å². The number of halogens is 1. The molecule has 0 fully saturated rings. The van der Waals surface area contributed by atoms with Gasteiger partial charge in [0.05, 0.1) is 10.8 Å². The third-order valence-electron chi connectivity index (χ3n) is 2.81. The molecule has 110 valence electrons. The van der Waals surface area contributed by atoms with Crippen molar-refractivity contribution < 1.29 is 18.3 Å². The normalized spacial score (nSPS) is 21.8. The smallest absolute Gasteiger partial charge is 0.173 e. The second-order valence-corrected chi connectivity index (χ2v) is 6.91. The van der Waals surface area contributed by atoms with Crippen molar-refractivity contribution in [2.24, 2.45) is 0 Å². The number of aliphatic hydroxyl groups is 1. The molecule has 5 nitrogen and oxygen atoms in total. The first kappa shape index (κ1) is 15.3. The molecule has 2 N–H and O–H groups in total. The molecule has 7 heteroatoms. The number of hydrogen-bond donors (Lipinski definition) is 2. The maximum absolute atomic E-state index is 11.2. The number of para-hydroxylation sites is 1. The molecular formula is C13H16ClNO4S. The first-order valence-corrected chi connectivity index (χ1v) is 8.25. The van der Waals surface area contributed by atoms with Gasteiger partial charge in [0.2, 0.25) is 0 Å². The van der Waals surface area contributed by atoms with Crippen LogP contribution in [0.3, 0.4) is 0 Å². The largest absolute Gasteiger partial charge is 0.489 e. The monoisotopic (exact) mass is 317 g/mol. The Labute approximate surface area is 123 Å². The summed E-state index contributed by atoms with van der Waals surface area (Å²) >= 11 is 5.92. The topological polar surface area (TPSA) is 75.6 Å². The number of sulfone groups is 1. The van der Waals surface area contributed by atoms with Gasteiger partial charge in [-0.05, 0) is 12.1 Å². The number of ether oxygens (including phenoxy) is 1. The first-order chi connectivity index (χ1) is 9.46. The van der Waals surface area contributed by atoms with E-state index in [0.29, 0.717) is 10.8 Å². The van der Waals surface area contributed by atoms with Gasteiger partial charge in [0.25, 0.3) is 0 Å².